The van der Waals surface area contributed by atoms with E-state index in [0.717, 1.165) is 0 Å². The summed E-state index contributed by atoms with van der Waals surface area (Å²) in [6.07, 6.45) is 0. The number of carbonyl (C=O) groups excluding carboxylic acids is 1. The minimum atomic E-state index is -3.22. The smallest absolute Gasteiger partial charge is 0.340 e. The number of esters is 1. The number of nitrogens with two attached hydrogens (primary N) is 2. The molecule has 2 aliphatic heterocycles. The van der Waals surface area contributed by atoms with Crippen LogP contribution >= 0.6 is 0 Å². The number of hydrogen-bond donors (Lipinski definition) is 4. The Hall–Kier alpha value is -3.41. The fraction of sp³-hybridized carbons (Fsp3) is 0.0500. The van der Waals surface area contributed by atoms with Crippen molar-refractivity contribution in [1.82, 2.24) is 0 Å². The molecule has 2 atom stereocenters. The number of hydrogen-bond acceptors (Lipinski definition) is 8. The molecule has 0 saturated carbocycles. The van der Waals surface area contributed by atoms with Crippen LogP contribution in [-0.2, 0) is 32.1 Å². The summed E-state index contributed by atoms with van der Waals surface area (Å²) in [5, 5.41) is 0. The van der Waals surface area contributed by atoms with Crippen molar-refractivity contribution in [2.45, 2.75) is 15.4 Å². The third kappa shape index (κ3) is 2.48. The van der Waals surface area contributed by atoms with E-state index in [1.54, 1.807) is 24.3 Å². The zero-order valence-corrected chi connectivity index (χ0v) is 17.2. The average Bonchev–Trinajstić information content (AvgIpc) is 3.00. The molecule has 0 aliphatic carbocycles. The van der Waals surface area contributed by atoms with Crippen LogP contribution in [0.25, 0.3) is 0 Å². The largest absolute Gasteiger partial charge is 0.454 e. The number of carbonyl (C=O) groups is 1. The molecule has 5 N–H and O–H groups in total. The summed E-state index contributed by atoms with van der Waals surface area (Å²) >= 11 is -2.59. The van der Waals surface area contributed by atoms with Gasteiger partial charge in [0.25, 0.3) is 0 Å². The second-order valence-corrected chi connectivity index (χ2v) is 8.83. The summed E-state index contributed by atoms with van der Waals surface area (Å²) in [6, 6.07) is 12.4. The number of rotatable bonds is 2. The van der Waals surface area contributed by atoms with Gasteiger partial charge >= 0.3 is 5.97 Å². The Balaban J connectivity index is 2.00. The normalized spacial score (nSPS) is 19.4. The first-order chi connectivity index (χ1) is 14.8. The summed E-state index contributed by atoms with van der Waals surface area (Å²) < 4.78 is 57.8. The monoisotopic (exact) mass is 458 g/mol. The van der Waals surface area contributed by atoms with Crippen molar-refractivity contribution in [2.75, 3.05) is 11.5 Å². The molecule has 31 heavy (non-hydrogen) atoms. The SMILES string of the molecule is Nc1ccc2c(c1S(=O)O)Oc1c(ccc(N)c1[SH](=O)=O)C21OC(=O)c2ccccc21. The molecule has 3 aromatic carbocycles. The average molecular weight is 458 g/mol. The predicted molar refractivity (Wildman–Crippen MR) is 111 cm³/mol. The molecule has 0 fully saturated rings. The number of thiol groups is 1. The number of ether oxygens (including phenoxy) is 2. The molecule has 0 saturated heterocycles. The highest BCUT2D eigenvalue weighted by Gasteiger charge is 2.55. The van der Waals surface area contributed by atoms with Gasteiger partial charge in [-0.3, -0.25) is 0 Å². The van der Waals surface area contributed by atoms with E-state index in [4.69, 9.17) is 20.9 Å². The summed E-state index contributed by atoms with van der Waals surface area (Å²) in [5.74, 6) is -0.991. The van der Waals surface area contributed by atoms with Gasteiger partial charge < -0.3 is 25.5 Å². The van der Waals surface area contributed by atoms with E-state index in [9.17, 15) is 22.0 Å². The zero-order chi connectivity index (χ0) is 22.1. The minimum Gasteiger partial charge on any atom is -0.454 e. The van der Waals surface area contributed by atoms with Crippen molar-refractivity contribution < 1.29 is 31.4 Å². The summed E-state index contributed by atoms with van der Waals surface area (Å²) in [7, 11) is -3.22. The van der Waals surface area contributed by atoms with Gasteiger partial charge in [0.1, 0.15) is 9.79 Å². The molecular weight excluding hydrogens is 444 g/mol. The lowest BCUT2D eigenvalue weighted by atomic mass is 9.77. The molecule has 2 aliphatic rings. The van der Waals surface area contributed by atoms with E-state index < -0.39 is 33.4 Å². The van der Waals surface area contributed by atoms with Gasteiger partial charge in [-0.05, 0) is 30.3 Å². The Labute approximate surface area is 179 Å². The zero-order valence-electron chi connectivity index (χ0n) is 15.5. The van der Waals surface area contributed by atoms with E-state index in [-0.39, 0.29) is 49.4 Å². The standard InChI is InChI=1S/C20H14N2O7S2/c21-13-7-5-11-15(17(13)30(24)25)28-16-12(6-8-14(22)18(16)31(26)27)20(11)10-4-2-1-3-9(10)19(23)29-20/h1-8,30H,21-22H2,(H,26,27). The molecule has 0 aromatic heterocycles. The first-order valence-corrected chi connectivity index (χ1v) is 11.2. The maximum atomic E-state index is 12.8. The van der Waals surface area contributed by atoms with Gasteiger partial charge in [0.05, 0.1) is 16.9 Å². The summed E-state index contributed by atoms with van der Waals surface area (Å²) in [5.41, 5.74) is 11.2. The first kappa shape index (κ1) is 19.5. The Bertz CT molecular complexity index is 1410. The third-order valence-corrected chi connectivity index (χ3v) is 6.99. The second-order valence-electron chi connectivity index (χ2n) is 6.97. The van der Waals surface area contributed by atoms with Crippen molar-refractivity contribution in [1.29, 1.82) is 0 Å². The van der Waals surface area contributed by atoms with Crippen molar-refractivity contribution in [3.63, 3.8) is 0 Å². The van der Waals surface area contributed by atoms with Gasteiger partial charge in [0, 0.05) is 16.7 Å². The first-order valence-electron chi connectivity index (χ1n) is 8.89. The van der Waals surface area contributed by atoms with Crippen molar-refractivity contribution in [3.8, 4) is 11.5 Å². The Kier molecular flexibility index (Phi) is 4.13. The van der Waals surface area contributed by atoms with E-state index >= 15 is 0 Å². The Morgan fingerprint density at radius 3 is 2.23 bits per heavy atom. The maximum Gasteiger partial charge on any atom is 0.340 e. The molecule has 5 rings (SSSR count). The van der Waals surface area contributed by atoms with Gasteiger partial charge in [-0.1, -0.05) is 18.2 Å². The van der Waals surface area contributed by atoms with E-state index in [0.29, 0.717) is 5.56 Å². The van der Waals surface area contributed by atoms with Crippen molar-refractivity contribution in [2.24, 2.45) is 0 Å². The highest BCUT2D eigenvalue weighted by molar-refractivity contribution is 7.79. The van der Waals surface area contributed by atoms with Crippen LogP contribution in [0.15, 0.2) is 58.3 Å². The van der Waals surface area contributed by atoms with Crippen LogP contribution < -0.4 is 16.2 Å². The van der Waals surface area contributed by atoms with E-state index in [2.05, 4.69) is 0 Å². The summed E-state index contributed by atoms with van der Waals surface area (Å²) in [4.78, 5) is 12.2. The Morgan fingerprint density at radius 2 is 1.55 bits per heavy atom. The number of benzene rings is 3. The van der Waals surface area contributed by atoms with Crippen molar-refractivity contribution in [3.05, 3.63) is 70.8 Å². The van der Waals surface area contributed by atoms with Crippen LogP contribution in [-0.4, -0.2) is 23.1 Å². The third-order valence-electron chi connectivity index (χ3n) is 5.40. The molecule has 1 spiro atoms. The topological polar surface area (TPSA) is 159 Å². The molecular formula is C20H14N2O7S2. The lowest BCUT2D eigenvalue weighted by Crippen LogP contribution is -2.34. The predicted octanol–water partition coefficient (Wildman–Crippen LogP) is 1.97. The minimum absolute atomic E-state index is 0.0484. The van der Waals surface area contributed by atoms with Gasteiger partial charge in [0.15, 0.2) is 38.9 Å². The number of anilines is 2. The van der Waals surface area contributed by atoms with Crippen LogP contribution in [0.1, 0.15) is 27.0 Å². The van der Waals surface area contributed by atoms with E-state index in [1.807, 2.05) is 0 Å². The van der Waals surface area contributed by atoms with Crippen LogP contribution in [0.2, 0.25) is 0 Å². The highest BCUT2D eigenvalue weighted by atomic mass is 32.2. The van der Waals surface area contributed by atoms with Gasteiger partial charge in [-0.25, -0.2) is 17.4 Å². The van der Waals surface area contributed by atoms with Gasteiger partial charge in [0.2, 0.25) is 0 Å². The van der Waals surface area contributed by atoms with Gasteiger partial charge in [-0.15, -0.1) is 0 Å². The molecule has 3 aromatic rings. The molecule has 0 radical (unpaired) electrons. The molecule has 2 heterocycles. The lowest BCUT2D eigenvalue weighted by molar-refractivity contribution is 0.0221. The molecule has 11 heteroatoms. The molecule has 0 bridgehead atoms. The Morgan fingerprint density at radius 1 is 0.903 bits per heavy atom. The van der Waals surface area contributed by atoms with Crippen molar-refractivity contribution >= 4 is 39.1 Å². The lowest BCUT2D eigenvalue weighted by Gasteiger charge is -2.37. The molecule has 9 nitrogen and oxygen atoms in total. The highest BCUT2D eigenvalue weighted by Crippen LogP contribution is 2.59. The van der Waals surface area contributed by atoms with Crippen LogP contribution in [0.5, 0.6) is 11.5 Å². The van der Waals surface area contributed by atoms with Gasteiger partial charge in [-0.2, -0.15) is 0 Å². The number of fused-ring (bicyclic) bond motifs is 6. The maximum absolute atomic E-state index is 12.8. The summed E-state index contributed by atoms with van der Waals surface area (Å²) in [6.45, 7) is 0. The quantitative estimate of drug-likeness (QED) is 0.195. The van der Waals surface area contributed by atoms with Crippen LogP contribution in [0, 0.1) is 0 Å². The fourth-order valence-electron chi connectivity index (χ4n) is 4.16. The van der Waals surface area contributed by atoms with E-state index in [1.165, 1.54) is 24.3 Å². The van der Waals surface area contributed by atoms with Crippen LogP contribution in [0.3, 0.4) is 0 Å². The fourth-order valence-corrected chi connectivity index (χ4v) is 5.35. The molecule has 158 valence electrons. The number of nitrogen functional groups attached to an aromatic ring is 2. The molecule has 2 unspecified atom stereocenters. The second kappa shape index (κ2) is 6.54. The van der Waals surface area contributed by atoms with Crippen LogP contribution in [0.4, 0.5) is 11.4 Å². The molecule has 0 amide bonds.